The number of benzene rings is 6. The Labute approximate surface area is 482 Å². The number of hydrogen-bond donors (Lipinski definition) is 2. The van der Waals surface area contributed by atoms with E-state index in [0.29, 0.717) is 69.3 Å². The van der Waals surface area contributed by atoms with Gasteiger partial charge in [0.05, 0.1) is 33.4 Å². The number of halogens is 2. The van der Waals surface area contributed by atoms with Gasteiger partial charge in [-0.1, -0.05) is 63.5 Å². The molecule has 0 saturated heterocycles. The van der Waals surface area contributed by atoms with Crippen LogP contribution in [0.1, 0.15) is 11.1 Å². The van der Waals surface area contributed by atoms with Crippen molar-refractivity contribution in [1.29, 1.82) is 0 Å². The molecule has 84 heavy (non-hydrogen) atoms. The first-order valence-corrected chi connectivity index (χ1v) is 34.8. The molecule has 432 valence electrons. The van der Waals surface area contributed by atoms with E-state index in [9.17, 15) is 14.0 Å². The largest absolute Gasteiger partial charge is 0.426 e. The second kappa shape index (κ2) is 22.9. The first-order valence-electron chi connectivity index (χ1n) is 27.4. The molecule has 0 saturated carbocycles. The lowest BCUT2D eigenvalue weighted by Crippen LogP contribution is -2.27. The SMILES string of the molecule is Cc1ccc(Oc2nc3cc(-c4ccc5c(ccn5C)c4)c(F)cc3[nH]2)cc1-n1nn[nH]c1=O.Cc1ccc(Oc2nc3cc(-c4ccc5c(ccn5C)c4)c(F)cc3n2COCC[Si](C)(C)C)cc1-n1nnn(COCC[Si](C)(C)C)c1=O. The van der Waals surface area contributed by atoms with Crippen LogP contribution in [0.3, 0.4) is 0 Å². The highest BCUT2D eigenvalue weighted by molar-refractivity contribution is 6.76. The summed E-state index contributed by atoms with van der Waals surface area (Å²) in [5, 5.41) is 19.8. The van der Waals surface area contributed by atoms with E-state index in [0.717, 1.165) is 60.8 Å². The van der Waals surface area contributed by atoms with Crippen LogP contribution in [0.5, 0.6) is 23.5 Å². The molecule has 2 N–H and O–H groups in total. The van der Waals surface area contributed by atoms with Gasteiger partial charge in [-0.3, -0.25) is 4.57 Å². The molecule has 12 aromatic rings. The number of nitrogens with one attached hydrogen (secondary N) is 2. The number of nitrogens with zero attached hydrogens (tertiary/aromatic N) is 12. The monoisotopic (exact) mass is 1170 g/mol. The third-order valence-corrected chi connectivity index (χ3v) is 17.9. The van der Waals surface area contributed by atoms with E-state index in [-0.39, 0.29) is 37.1 Å². The fourth-order valence-corrected chi connectivity index (χ4v) is 11.1. The summed E-state index contributed by atoms with van der Waals surface area (Å²) < 4.78 is 64.3. The van der Waals surface area contributed by atoms with Crippen LogP contribution in [0.15, 0.2) is 131 Å². The molecule has 0 aliphatic rings. The summed E-state index contributed by atoms with van der Waals surface area (Å²) in [5.41, 5.74) is 8.56. The van der Waals surface area contributed by atoms with Gasteiger partial charge >= 0.3 is 17.4 Å². The van der Waals surface area contributed by atoms with Crippen LogP contribution in [-0.2, 0) is 37.0 Å². The Morgan fingerprint density at radius 2 is 1.14 bits per heavy atom. The second-order valence-electron chi connectivity index (χ2n) is 23.3. The van der Waals surface area contributed by atoms with Gasteiger partial charge in [0.1, 0.15) is 36.6 Å². The molecular weight excluding hydrogens is 1110 g/mol. The zero-order valence-electron chi connectivity index (χ0n) is 48.4. The first kappa shape index (κ1) is 56.7. The first-order chi connectivity index (χ1) is 40.1. The Balaban J connectivity index is 0.000000188. The Kier molecular flexibility index (Phi) is 15.5. The summed E-state index contributed by atoms with van der Waals surface area (Å²) in [4.78, 5) is 37.4. The molecule has 20 nitrogen and oxygen atoms in total. The van der Waals surface area contributed by atoms with Gasteiger partial charge in [0.25, 0.3) is 6.01 Å². The molecule has 12 rings (SSSR count). The normalized spacial score (nSPS) is 12.0. The van der Waals surface area contributed by atoms with Crippen molar-refractivity contribution in [3.05, 3.63) is 165 Å². The van der Waals surface area contributed by atoms with E-state index in [1.54, 1.807) is 47.0 Å². The van der Waals surface area contributed by atoms with E-state index >= 15 is 4.39 Å². The van der Waals surface area contributed by atoms with Crippen molar-refractivity contribution in [2.45, 2.75) is 78.7 Å². The van der Waals surface area contributed by atoms with Crippen LogP contribution < -0.4 is 20.9 Å². The van der Waals surface area contributed by atoms with Crippen LogP contribution in [0.4, 0.5) is 8.78 Å². The van der Waals surface area contributed by atoms with Gasteiger partial charge in [0.15, 0.2) is 0 Å². The van der Waals surface area contributed by atoms with Gasteiger partial charge in [0, 0.05) is 113 Å². The second-order valence-corrected chi connectivity index (χ2v) is 34.6. The summed E-state index contributed by atoms with van der Waals surface area (Å²) in [6, 6.07) is 35.1. The maximum atomic E-state index is 15.9. The Morgan fingerprint density at radius 1 is 0.571 bits per heavy atom. The van der Waals surface area contributed by atoms with Crippen LogP contribution in [-0.4, -0.2) is 98.0 Å². The van der Waals surface area contributed by atoms with Crippen molar-refractivity contribution in [1.82, 2.24) is 68.7 Å². The standard InChI is InChI=1S/C36H46FN7O4Si2.C24H18FN7O2/c1-25-9-11-28(20-33(25)44-36(45)43(39-40-44)24-47-16-18-50(6,7)8)48-35-38-31-21-29(26-10-12-32-27(19-26)13-14-41(32)2)30(37)22-34(31)42(35)23-46-15-17-49(3,4)5;1-13-3-5-16(10-22(13)32-24(33)28-29-30-32)34-23-26-19-11-17(18(25)12-20(19)27-23)14-4-6-21-15(9-14)7-8-31(21)2/h9-14,19-22H,15-18,23-24H2,1-8H3;3-12H,1-2H3,(H,26,27)(H,28,30,33). The van der Waals surface area contributed by atoms with Crippen molar-refractivity contribution in [2.75, 3.05) is 13.2 Å². The number of ether oxygens (including phenoxy) is 4. The number of H-pyrrole nitrogens is 2. The van der Waals surface area contributed by atoms with Crippen molar-refractivity contribution >= 4 is 60.0 Å². The number of aromatic amines is 2. The topological polar surface area (TPSA) is 210 Å². The maximum Gasteiger partial charge on any atom is 0.370 e. The number of rotatable bonds is 18. The van der Waals surface area contributed by atoms with E-state index in [2.05, 4.69) is 75.2 Å². The maximum absolute atomic E-state index is 15.9. The number of aryl methyl sites for hydroxylation is 4. The minimum atomic E-state index is -1.33. The number of hydrogen-bond acceptors (Lipinski definition) is 12. The van der Waals surface area contributed by atoms with Gasteiger partial charge in [0.2, 0.25) is 0 Å². The van der Waals surface area contributed by atoms with Crippen molar-refractivity contribution in [3.8, 4) is 57.1 Å². The van der Waals surface area contributed by atoms with Crippen molar-refractivity contribution < 1.29 is 27.7 Å². The lowest BCUT2D eigenvalue weighted by Gasteiger charge is -2.16. The molecular formula is C60H64F2N14O6Si2. The third-order valence-electron chi connectivity index (χ3n) is 14.5. The zero-order chi connectivity index (χ0) is 59.2. The summed E-state index contributed by atoms with van der Waals surface area (Å²) >= 11 is 0. The summed E-state index contributed by atoms with van der Waals surface area (Å²) in [7, 11) is 1.36. The minimum absolute atomic E-state index is 0.0258. The number of imidazole rings is 2. The van der Waals surface area contributed by atoms with E-state index in [1.807, 2.05) is 104 Å². The fourth-order valence-electron chi connectivity index (χ4n) is 9.63. The molecule has 0 fully saturated rings. The molecule has 6 heterocycles. The van der Waals surface area contributed by atoms with Gasteiger partial charge < -0.3 is 33.1 Å². The summed E-state index contributed by atoms with van der Waals surface area (Å²) in [5.74, 6) is 0.130. The van der Waals surface area contributed by atoms with Crippen molar-refractivity contribution in [3.63, 3.8) is 0 Å². The van der Waals surface area contributed by atoms with Crippen LogP contribution in [0.25, 0.3) is 77.5 Å². The average Bonchev–Trinajstić information content (AvgIpc) is 4.34. The molecule has 0 bridgehead atoms. The highest BCUT2D eigenvalue weighted by atomic mass is 28.3. The van der Waals surface area contributed by atoms with Crippen LogP contribution in [0.2, 0.25) is 51.4 Å². The Bertz CT molecular complexity index is 4540. The average molecular weight is 1170 g/mol. The van der Waals surface area contributed by atoms with Gasteiger partial charge in [-0.2, -0.15) is 24.0 Å². The number of tetrazole rings is 2. The molecule has 0 unspecified atom stereocenters. The molecule has 0 atom stereocenters. The molecule has 0 spiro atoms. The predicted molar refractivity (Wildman–Crippen MR) is 325 cm³/mol. The minimum Gasteiger partial charge on any atom is -0.426 e. The smallest absolute Gasteiger partial charge is 0.370 e. The summed E-state index contributed by atoms with van der Waals surface area (Å²) in [6.45, 7) is 18.7. The molecule has 0 aliphatic carbocycles. The molecule has 6 aromatic heterocycles. The van der Waals surface area contributed by atoms with Crippen LogP contribution in [0, 0.1) is 25.5 Å². The zero-order valence-corrected chi connectivity index (χ0v) is 50.4. The lowest BCUT2D eigenvalue weighted by atomic mass is 10.0. The van der Waals surface area contributed by atoms with Gasteiger partial charge in [-0.25, -0.2) is 23.5 Å². The Hall–Kier alpha value is -9.11. The quantitative estimate of drug-likeness (QED) is 0.0607. The highest BCUT2D eigenvalue weighted by Gasteiger charge is 2.22. The van der Waals surface area contributed by atoms with E-state index in [4.69, 9.17) is 23.9 Å². The van der Waals surface area contributed by atoms with Crippen LogP contribution >= 0.6 is 0 Å². The number of aromatic nitrogens is 14. The highest BCUT2D eigenvalue weighted by Crippen LogP contribution is 2.36. The number of fused-ring (bicyclic) bond motifs is 4. The van der Waals surface area contributed by atoms with E-state index < -0.39 is 27.5 Å². The molecule has 0 aliphatic heterocycles. The molecule has 0 amide bonds. The van der Waals surface area contributed by atoms with Gasteiger partial charge in [-0.15, -0.1) is 0 Å². The summed E-state index contributed by atoms with van der Waals surface area (Å²) in [6.07, 6.45) is 3.96. The van der Waals surface area contributed by atoms with Gasteiger partial charge in [-0.05, 0) is 130 Å². The van der Waals surface area contributed by atoms with Crippen molar-refractivity contribution in [2.24, 2.45) is 14.1 Å². The molecule has 6 aromatic carbocycles. The van der Waals surface area contributed by atoms with E-state index in [1.165, 1.54) is 21.5 Å². The predicted octanol–water partition coefficient (Wildman–Crippen LogP) is 12.0. The molecule has 24 heteroatoms. The fraction of sp³-hybridized carbons (Fsp3) is 0.267. The molecule has 0 radical (unpaired) electrons. The third kappa shape index (κ3) is 12.2. The Morgan fingerprint density at radius 3 is 1.74 bits per heavy atom. The lowest BCUT2D eigenvalue weighted by molar-refractivity contribution is 0.0748.